The summed E-state index contributed by atoms with van der Waals surface area (Å²) in [6, 6.07) is 1.22. The topological polar surface area (TPSA) is 60.0 Å². The van der Waals surface area contributed by atoms with Crippen molar-refractivity contribution in [3.8, 4) is 0 Å². The Labute approximate surface area is 159 Å². The van der Waals surface area contributed by atoms with Gasteiger partial charge in [0.05, 0.1) is 0 Å². The molecule has 0 bridgehead atoms. The summed E-state index contributed by atoms with van der Waals surface area (Å²) in [6.07, 6.45) is 9.20. The Morgan fingerprint density at radius 2 is 1.81 bits per heavy atom. The average molecular weight is 364 g/mol. The number of likely N-dealkylation sites (N-methyl/N-ethyl adjacent to an activating group) is 1. The molecule has 1 saturated carbocycles. The van der Waals surface area contributed by atoms with Crippen LogP contribution in [-0.2, 0) is 4.79 Å². The molecule has 0 aromatic rings. The summed E-state index contributed by atoms with van der Waals surface area (Å²) < 4.78 is 0. The van der Waals surface area contributed by atoms with E-state index < -0.39 is 0 Å². The second-order valence-corrected chi connectivity index (χ2v) is 8.01. The van der Waals surface area contributed by atoms with Gasteiger partial charge in [-0.15, -0.1) is 0 Å². The zero-order valence-electron chi connectivity index (χ0n) is 16.9. The summed E-state index contributed by atoms with van der Waals surface area (Å²) in [4.78, 5) is 20.6. The molecule has 0 atom stereocenters. The maximum Gasteiger partial charge on any atom is 0.243 e. The van der Waals surface area contributed by atoms with Gasteiger partial charge in [0, 0.05) is 45.8 Å². The largest absolute Gasteiger partial charge is 0.354 e. The number of hydrogen-bond acceptors (Lipinski definition) is 3. The highest BCUT2D eigenvalue weighted by atomic mass is 16.2. The van der Waals surface area contributed by atoms with Gasteiger partial charge in [0.25, 0.3) is 0 Å². The first kappa shape index (κ1) is 20.7. The Balaban J connectivity index is 1.84. The number of nitrogens with zero attached hydrogens (tertiary/aromatic N) is 3. The van der Waals surface area contributed by atoms with Gasteiger partial charge in [-0.3, -0.25) is 4.79 Å². The van der Waals surface area contributed by atoms with Crippen LogP contribution < -0.4 is 10.6 Å². The van der Waals surface area contributed by atoms with Crippen LogP contribution in [0, 0.1) is 0 Å². The number of guanidine groups is 1. The van der Waals surface area contributed by atoms with E-state index in [1.54, 1.807) is 19.0 Å². The molecule has 2 N–H and O–H groups in total. The molecule has 26 heavy (non-hydrogen) atoms. The number of hydrogen-bond donors (Lipinski definition) is 2. The highest BCUT2D eigenvalue weighted by Crippen LogP contribution is 2.25. The fourth-order valence-electron chi connectivity index (χ4n) is 3.72. The fourth-order valence-corrected chi connectivity index (χ4v) is 3.72. The second-order valence-electron chi connectivity index (χ2n) is 8.01. The Bertz CT molecular complexity index is 488. The van der Waals surface area contributed by atoms with Crippen molar-refractivity contribution < 1.29 is 4.79 Å². The van der Waals surface area contributed by atoms with Gasteiger partial charge in [0.1, 0.15) is 6.54 Å². The van der Waals surface area contributed by atoms with Crippen LogP contribution in [0.4, 0.5) is 0 Å². The Morgan fingerprint density at radius 3 is 2.38 bits per heavy atom. The molecule has 1 aliphatic carbocycles. The summed E-state index contributed by atoms with van der Waals surface area (Å²) in [5.74, 6) is 0.729. The van der Waals surface area contributed by atoms with Crippen LogP contribution in [0.15, 0.2) is 17.1 Å². The molecule has 1 amide bonds. The Morgan fingerprint density at radius 1 is 1.15 bits per heavy atom. The number of carbonyl (C=O) groups excluding carboxylic acids is 1. The third-order valence-electron chi connectivity index (χ3n) is 5.39. The Kier molecular flexibility index (Phi) is 8.42. The van der Waals surface area contributed by atoms with E-state index in [0.717, 1.165) is 43.5 Å². The number of likely N-dealkylation sites (tertiary alicyclic amines) is 1. The van der Waals surface area contributed by atoms with Crippen molar-refractivity contribution in [1.29, 1.82) is 0 Å². The summed E-state index contributed by atoms with van der Waals surface area (Å²) in [7, 11) is 3.51. The third kappa shape index (κ3) is 6.98. The van der Waals surface area contributed by atoms with Crippen molar-refractivity contribution in [2.75, 3.05) is 40.3 Å². The molecule has 6 nitrogen and oxygen atoms in total. The van der Waals surface area contributed by atoms with Crippen LogP contribution in [0.1, 0.15) is 51.9 Å². The van der Waals surface area contributed by atoms with Crippen molar-refractivity contribution in [1.82, 2.24) is 20.4 Å². The molecular formula is C20H37N5O. The first-order valence-electron chi connectivity index (χ1n) is 10.1. The van der Waals surface area contributed by atoms with E-state index in [0.29, 0.717) is 12.6 Å². The fraction of sp³-hybridized carbons (Fsp3) is 0.800. The quantitative estimate of drug-likeness (QED) is 0.430. The van der Waals surface area contributed by atoms with Gasteiger partial charge >= 0.3 is 0 Å². The smallest absolute Gasteiger partial charge is 0.243 e. The molecule has 0 aromatic carbocycles. The molecule has 0 unspecified atom stereocenters. The molecule has 0 spiro atoms. The number of aliphatic imine (C=N–C) groups is 1. The van der Waals surface area contributed by atoms with Crippen molar-refractivity contribution in [3.63, 3.8) is 0 Å². The van der Waals surface area contributed by atoms with Crippen LogP contribution in [0.3, 0.4) is 0 Å². The van der Waals surface area contributed by atoms with Crippen molar-refractivity contribution in [2.45, 2.75) is 64.0 Å². The third-order valence-corrected chi connectivity index (χ3v) is 5.39. The number of piperidine rings is 1. The molecule has 1 saturated heterocycles. The molecule has 2 aliphatic rings. The van der Waals surface area contributed by atoms with E-state index in [1.807, 2.05) is 6.92 Å². The maximum atomic E-state index is 11.8. The van der Waals surface area contributed by atoms with E-state index in [9.17, 15) is 4.79 Å². The minimum atomic E-state index is 0.00791. The van der Waals surface area contributed by atoms with E-state index >= 15 is 0 Å². The Hall–Kier alpha value is -1.56. The molecular weight excluding hydrogens is 326 g/mol. The maximum absolute atomic E-state index is 11.8. The lowest BCUT2D eigenvalue weighted by molar-refractivity contribution is -0.127. The van der Waals surface area contributed by atoms with Gasteiger partial charge in [0.15, 0.2) is 5.96 Å². The molecule has 2 fully saturated rings. The molecule has 1 heterocycles. The first-order valence-corrected chi connectivity index (χ1v) is 10.1. The molecule has 0 aromatic heterocycles. The van der Waals surface area contributed by atoms with E-state index in [4.69, 9.17) is 0 Å². The summed E-state index contributed by atoms with van der Waals surface area (Å²) >= 11 is 0. The minimum Gasteiger partial charge on any atom is -0.354 e. The highest BCUT2D eigenvalue weighted by Gasteiger charge is 2.26. The predicted molar refractivity (Wildman–Crippen MR) is 108 cm³/mol. The summed E-state index contributed by atoms with van der Waals surface area (Å²) in [5, 5.41) is 6.82. The lowest BCUT2D eigenvalue weighted by atomic mass is 9.92. The molecule has 6 heteroatoms. The number of carbonyl (C=O) groups is 1. The monoisotopic (exact) mass is 363 g/mol. The van der Waals surface area contributed by atoms with Gasteiger partial charge in [-0.2, -0.15) is 0 Å². The highest BCUT2D eigenvalue weighted by molar-refractivity contribution is 5.85. The average Bonchev–Trinajstić information content (AvgIpc) is 2.64. The number of amides is 1. The lowest BCUT2D eigenvalue weighted by Gasteiger charge is -2.39. The van der Waals surface area contributed by atoms with Crippen molar-refractivity contribution in [2.24, 2.45) is 4.99 Å². The van der Waals surface area contributed by atoms with Crippen LogP contribution in [0.2, 0.25) is 0 Å². The number of rotatable bonds is 6. The zero-order chi connectivity index (χ0) is 18.9. The van der Waals surface area contributed by atoms with Crippen LogP contribution in [0.25, 0.3) is 0 Å². The van der Waals surface area contributed by atoms with Crippen molar-refractivity contribution >= 4 is 11.9 Å². The first-order chi connectivity index (χ1) is 12.5. The lowest BCUT2D eigenvalue weighted by Crippen LogP contribution is -2.51. The van der Waals surface area contributed by atoms with E-state index in [-0.39, 0.29) is 12.5 Å². The minimum absolute atomic E-state index is 0.00791. The predicted octanol–water partition coefficient (Wildman–Crippen LogP) is 1.98. The van der Waals surface area contributed by atoms with Gasteiger partial charge < -0.3 is 20.4 Å². The zero-order valence-corrected chi connectivity index (χ0v) is 16.9. The standard InChI is InChI=1S/C20H37N5O/c1-16(2)14-21-20(22-15-19(26)24(3)4)23-17-10-12-25(13-11-17)18-8-6-5-7-9-18/h17-18H,1,5-15H2,2-4H3,(H2,21,22,23). The van der Waals surface area contributed by atoms with E-state index in [2.05, 4.69) is 27.1 Å². The molecule has 2 rings (SSSR count). The summed E-state index contributed by atoms with van der Waals surface area (Å²) in [5.41, 5.74) is 1.05. The van der Waals surface area contributed by atoms with Crippen LogP contribution in [-0.4, -0.2) is 74.0 Å². The van der Waals surface area contributed by atoms with Gasteiger partial charge in [-0.1, -0.05) is 31.4 Å². The molecule has 148 valence electrons. The van der Waals surface area contributed by atoms with E-state index in [1.165, 1.54) is 32.1 Å². The molecule has 1 aliphatic heterocycles. The normalized spacial score (nSPS) is 20.7. The second kappa shape index (κ2) is 10.6. The van der Waals surface area contributed by atoms with Gasteiger partial charge in [-0.05, 0) is 32.6 Å². The number of nitrogens with one attached hydrogen (secondary N) is 2. The van der Waals surface area contributed by atoms with Crippen molar-refractivity contribution in [3.05, 3.63) is 12.2 Å². The van der Waals surface area contributed by atoms with Gasteiger partial charge in [0.2, 0.25) is 5.91 Å². The molecule has 0 radical (unpaired) electrons. The SMILES string of the molecule is C=C(C)CNC(=NCC(=O)N(C)C)NC1CCN(C2CCCCC2)CC1. The van der Waals surface area contributed by atoms with Crippen LogP contribution >= 0.6 is 0 Å². The van der Waals surface area contributed by atoms with Gasteiger partial charge in [-0.25, -0.2) is 4.99 Å². The summed E-state index contributed by atoms with van der Waals surface area (Å²) in [6.45, 7) is 9.07. The van der Waals surface area contributed by atoms with Crippen LogP contribution in [0.5, 0.6) is 0 Å².